The third-order valence-corrected chi connectivity index (χ3v) is 3.56. The quantitative estimate of drug-likeness (QED) is 0.770. The highest BCUT2D eigenvalue weighted by Gasteiger charge is 2.24. The summed E-state index contributed by atoms with van der Waals surface area (Å²) >= 11 is 5.75. The van der Waals surface area contributed by atoms with Crippen LogP contribution in [0.3, 0.4) is 0 Å². The maximum atomic E-state index is 12.0. The number of nitrogens with one attached hydrogen (secondary N) is 1. The van der Waals surface area contributed by atoms with E-state index >= 15 is 0 Å². The van der Waals surface area contributed by atoms with Crippen LogP contribution in [0.25, 0.3) is 0 Å². The van der Waals surface area contributed by atoms with Gasteiger partial charge < -0.3 is 15.5 Å². The van der Waals surface area contributed by atoms with Crippen LogP contribution in [-0.4, -0.2) is 28.3 Å². The van der Waals surface area contributed by atoms with Gasteiger partial charge in [-0.25, -0.2) is 0 Å². The smallest absolute Gasteiger partial charge is 0.251 e. The summed E-state index contributed by atoms with van der Waals surface area (Å²) in [7, 11) is 0. The fraction of sp³-hybridized carbons (Fsp3) is 0.462. The highest BCUT2D eigenvalue weighted by Crippen LogP contribution is 2.24. The number of rotatable bonds is 2. The average molecular weight is 270 g/mol. The molecule has 1 aliphatic rings. The fourth-order valence-electron chi connectivity index (χ4n) is 2.18. The van der Waals surface area contributed by atoms with Crippen molar-refractivity contribution in [3.8, 4) is 5.75 Å². The van der Waals surface area contributed by atoms with Crippen molar-refractivity contribution in [2.24, 2.45) is 0 Å². The van der Waals surface area contributed by atoms with Crippen LogP contribution in [0.5, 0.6) is 5.75 Å². The molecule has 1 saturated carbocycles. The van der Waals surface area contributed by atoms with E-state index in [9.17, 15) is 15.0 Å². The third-order valence-electron chi connectivity index (χ3n) is 3.26. The fourth-order valence-corrected chi connectivity index (χ4v) is 2.36. The van der Waals surface area contributed by atoms with Crippen molar-refractivity contribution in [3.05, 3.63) is 28.8 Å². The van der Waals surface area contributed by atoms with E-state index in [0.29, 0.717) is 5.56 Å². The van der Waals surface area contributed by atoms with Crippen molar-refractivity contribution < 1.29 is 15.0 Å². The minimum Gasteiger partial charge on any atom is -0.506 e. The number of carbonyl (C=O) groups excluding carboxylic acids is 1. The molecule has 4 nitrogen and oxygen atoms in total. The van der Waals surface area contributed by atoms with E-state index in [1.807, 2.05) is 0 Å². The van der Waals surface area contributed by atoms with Crippen LogP contribution in [0.2, 0.25) is 5.02 Å². The second kappa shape index (κ2) is 5.59. The molecule has 2 rings (SSSR count). The minimum atomic E-state index is -0.477. The lowest BCUT2D eigenvalue weighted by molar-refractivity contribution is 0.0717. The maximum absolute atomic E-state index is 12.0. The van der Waals surface area contributed by atoms with Gasteiger partial charge in [-0.15, -0.1) is 0 Å². The lowest BCUT2D eigenvalue weighted by atomic mass is 9.92. The molecule has 0 saturated heterocycles. The van der Waals surface area contributed by atoms with Crippen LogP contribution >= 0.6 is 11.6 Å². The summed E-state index contributed by atoms with van der Waals surface area (Å²) in [5, 5.41) is 22.0. The Labute approximate surface area is 111 Å². The van der Waals surface area contributed by atoms with E-state index in [1.54, 1.807) is 0 Å². The van der Waals surface area contributed by atoms with Gasteiger partial charge in [0, 0.05) is 5.56 Å². The number of amides is 1. The van der Waals surface area contributed by atoms with Crippen molar-refractivity contribution in [1.82, 2.24) is 5.32 Å². The summed E-state index contributed by atoms with van der Waals surface area (Å²) in [5.41, 5.74) is 0.385. The molecule has 98 valence electrons. The molecular formula is C13H16ClNO3. The van der Waals surface area contributed by atoms with Gasteiger partial charge >= 0.3 is 0 Å². The van der Waals surface area contributed by atoms with Gasteiger partial charge in [0.05, 0.1) is 17.2 Å². The molecule has 1 amide bonds. The summed E-state index contributed by atoms with van der Waals surface area (Å²) in [6.07, 6.45) is 3.05. The van der Waals surface area contributed by atoms with E-state index in [4.69, 9.17) is 11.6 Å². The highest BCUT2D eigenvalue weighted by molar-refractivity contribution is 6.32. The van der Waals surface area contributed by atoms with Crippen LogP contribution in [-0.2, 0) is 0 Å². The van der Waals surface area contributed by atoms with Gasteiger partial charge in [-0.1, -0.05) is 24.4 Å². The van der Waals surface area contributed by atoms with E-state index in [-0.39, 0.29) is 22.7 Å². The van der Waals surface area contributed by atoms with Crippen molar-refractivity contribution >= 4 is 17.5 Å². The van der Waals surface area contributed by atoms with E-state index < -0.39 is 6.10 Å². The normalized spacial score (nSPS) is 23.7. The molecule has 0 aliphatic heterocycles. The second-order valence-electron chi connectivity index (χ2n) is 4.60. The number of aromatic hydroxyl groups is 1. The zero-order valence-corrected chi connectivity index (χ0v) is 10.7. The zero-order valence-electron chi connectivity index (χ0n) is 9.90. The zero-order chi connectivity index (χ0) is 13.1. The molecule has 1 aromatic carbocycles. The molecule has 2 unspecified atom stereocenters. The first kappa shape index (κ1) is 13.2. The first-order valence-electron chi connectivity index (χ1n) is 6.05. The number of phenolic OH excluding ortho intramolecular Hbond substituents is 1. The number of aliphatic hydroxyl groups excluding tert-OH is 1. The van der Waals surface area contributed by atoms with Crippen LogP contribution < -0.4 is 5.32 Å². The molecule has 18 heavy (non-hydrogen) atoms. The maximum Gasteiger partial charge on any atom is 0.251 e. The van der Waals surface area contributed by atoms with Crippen LogP contribution in [0.15, 0.2) is 18.2 Å². The number of aliphatic hydroxyl groups is 1. The van der Waals surface area contributed by atoms with Gasteiger partial charge in [0.1, 0.15) is 5.75 Å². The van der Waals surface area contributed by atoms with Gasteiger partial charge in [-0.05, 0) is 31.0 Å². The third kappa shape index (κ3) is 2.94. The summed E-state index contributed by atoms with van der Waals surface area (Å²) in [6.45, 7) is 0. The van der Waals surface area contributed by atoms with Gasteiger partial charge in [-0.2, -0.15) is 0 Å². The Morgan fingerprint density at radius 1 is 1.33 bits per heavy atom. The molecule has 1 fully saturated rings. The number of halogens is 1. The Kier molecular flexibility index (Phi) is 4.09. The predicted molar refractivity (Wildman–Crippen MR) is 68.8 cm³/mol. The minimum absolute atomic E-state index is 0.0501. The van der Waals surface area contributed by atoms with Crippen molar-refractivity contribution in [1.29, 1.82) is 0 Å². The number of hydrogen-bond acceptors (Lipinski definition) is 3. The molecule has 0 heterocycles. The average Bonchev–Trinajstić information content (AvgIpc) is 2.35. The molecule has 1 aliphatic carbocycles. The summed E-state index contributed by atoms with van der Waals surface area (Å²) < 4.78 is 0. The molecule has 3 N–H and O–H groups in total. The number of benzene rings is 1. The first-order chi connectivity index (χ1) is 8.58. The van der Waals surface area contributed by atoms with E-state index in [2.05, 4.69) is 5.32 Å². The molecular weight excluding hydrogens is 254 g/mol. The summed E-state index contributed by atoms with van der Waals surface area (Å²) in [6, 6.07) is 4.11. The topological polar surface area (TPSA) is 69.6 Å². The standard InChI is InChI=1S/C13H16ClNO3/c14-9-7-8(5-6-11(9)16)13(18)15-10-3-1-2-4-12(10)17/h5-7,10,12,16-17H,1-4H2,(H,15,18). The van der Waals surface area contributed by atoms with Crippen molar-refractivity contribution in [2.75, 3.05) is 0 Å². The number of hydrogen-bond donors (Lipinski definition) is 3. The van der Waals surface area contributed by atoms with Crippen LogP contribution in [0.1, 0.15) is 36.0 Å². The molecule has 0 bridgehead atoms. The van der Waals surface area contributed by atoms with Gasteiger partial charge in [0.15, 0.2) is 0 Å². The van der Waals surface area contributed by atoms with Gasteiger partial charge in [0.25, 0.3) is 5.91 Å². The van der Waals surface area contributed by atoms with Gasteiger partial charge in [-0.3, -0.25) is 4.79 Å². The van der Waals surface area contributed by atoms with Crippen molar-refractivity contribution in [2.45, 2.75) is 37.8 Å². The van der Waals surface area contributed by atoms with Crippen LogP contribution in [0, 0.1) is 0 Å². The largest absolute Gasteiger partial charge is 0.506 e. The Hall–Kier alpha value is -1.26. The molecule has 2 atom stereocenters. The predicted octanol–water partition coefficient (Wildman–Crippen LogP) is 2.08. The Morgan fingerprint density at radius 3 is 2.72 bits per heavy atom. The lowest BCUT2D eigenvalue weighted by Gasteiger charge is -2.28. The van der Waals surface area contributed by atoms with Crippen LogP contribution in [0.4, 0.5) is 0 Å². The SMILES string of the molecule is O=C(NC1CCCCC1O)c1ccc(O)c(Cl)c1. The summed E-state index contributed by atoms with van der Waals surface area (Å²) in [5.74, 6) is -0.325. The molecule has 5 heteroatoms. The molecule has 1 aromatic rings. The molecule has 0 radical (unpaired) electrons. The number of carbonyl (C=O) groups is 1. The van der Waals surface area contributed by atoms with E-state index in [0.717, 1.165) is 25.7 Å². The Bertz CT molecular complexity index is 450. The highest BCUT2D eigenvalue weighted by atomic mass is 35.5. The molecule has 0 spiro atoms. The van der Waals surface area contributed by atoms with Gasteiger partial charge in [0.2, 0.25) is 0 Å². The van der Waals surface area contributed by atoms with E-state index in [1.165, 1.54) is 18.2 Å². The Morgan fingerprint density at radius 2 is 2.06 bits per heavy atom. The Balaban J connectivity index is 2.04. The number of phenols is 1. The monoisotopic (exact) mass is 269 g/mol. The first-order valence-corrected chi connectivity index (χ1v) is 6.43. The van der Waals surface area contributed by atoms with Crippen molar-refractivity contribution in [3.63, 3.8) is 0 Å². The lowest BCUT2D eigenvalue weighted by Crippen LogP contribution is -2.45. The molecule has 0 aromatic heterocycles. The summed E-state index contributed by atoms with van der Waals surface area (Å²) in [4.78, 5) is 12.0. The second-order valence-corrected chi connectivity index (χ2v) is 5.01.